The number of hydrogen-bond donors (Lipinski definition) is 3. The number of nitrogens with zero attached hydrogens (tertiary/aromatic N) is 5. The van der Waals surface area contributed by atoms with Gasteiger partial charge in [-0.3, -0.25) is 9.89 Å². The molecule has 5 rings (SSSR count). The van der Waals surface area contributed by atoms with Crippen LogP contribution in [-0.4, -0.2) is 64.4 Å². The van der Waals surface area contributed by atoms with E-state index in [0.717, 1.165) is 16.5 Å². The van der Waals surface area contributed by atoms with Crippen molar-refractivity contribution in [3.63, 3.8) is 0 Å². The van der Waals surface area contributed by atoms with E-state index in [4.69, 9.17) is 9.72 Å². The molecular formula is C22H22N8O2. The van der Waals surface area contributed by atoms with Crippen LogP contribution in [-0.2, 0) is 4.74 Å². The summed E-state index contributed by atoms with van der Waals surface area (Å²) in [5.74, 6) is 1.35. The molecule has 1 fully saturated rings. The van der Waals surface area contributed by atoms with Crippen molar-refractivity contribution in [3.8, 4) is 11.4 Å². The van der Waals surface area contributed by atoms with Crippen LogP contribution in [0.3, 0.4) is 0 Å². The zero-order valence-electron chi connectivity index (χ0n) is 17.5. The third kappa shape index (κ3) is 3.95. The molecule has 10 nitrogen and oxygen atoms in total. The normalized spacial score (nSPS) is 13.8. The van der Waals surface area contributed by atoms with Gasteiger partial charge in [-0.25, -0.2) is 0 Å². The van der Waals surface area contributed by atoms with Crippen LogP contribution in [0.4, 0.5) is 17.6 Å². The summed E-state index contributed by atoms with van der Waals surface area (Å²) in [5.41, 5.74) is 3.01. The number of nitrogens with one attached hydrogen (secondary N) is 3. The Morgan fingerprint density at radius 2 is 1.94 bits per heavy atom. The van der Waals surface area contributed by atoms with Crippen LogP contribution in [0, 0.1) is 0 Å². The summed E-state index contributed by atoms with van der Waals surface area (Å²) in [4.78, 5) is 28.2. The Hall–Kier alpha value is -4.05. The van der Waals surface area contributed by atoms with E-state index in [1.165, 1.54) is 0 Å². The molecule has 2 aromatic carbocycles. The molecule has 0 saturated carbocycles. The predicted octanol–water partition coefficient (Wildman–Crippen LogP) is 2.35. The lowest BCUT2D eigenvalue weighted by Gasteiger charge is -2.27. The number of aromatic nitrogens is 5. The largest absolute Gasteiger partial charge is 0.378 e. The lowest BCUT2D eigenvalue weighted by atomic mass is 10.1. The molecule has 0 aliphatic carbocycles. The molecule has 1 aliphatic heterocycles. The van der Waals surface area contributed by atoms with Crippen molar-refractivity contribution in [2.45, 2.75) is 0 Å². The fourth-order valence-electron chi connectivity index (χ4n) is 3.62. The Morgan fingerprint density at radius 3 is 2.78 bits per heavy atom. The van der Waals surface area contributed by atoms with Crippen molar-refractivity contribution in [3.05, 3.63) is 54.2 Å². The number of hydrogen-bond acceptors (Lipinski definition) is 8. The highest BCUT2D eigenvalue weighted by Crippen LogP contribution is 2.28. The maximum atomic E-state index is 12.0. The Balaban J connectivity index is 1.57. The number of carbonyl (C=O) groups is 1. The Morgan fingerprint density at radius 1 is 1.09 bits per heavy atom. The first-order valence-electron chi connectivity index (χ1n) is 10.3. The smallest absolute Gasteiger partial charge is 0.251 e. The first-order chi connectivity index (χ1) is 15.7. The summed E-state index contributed by atoms with van der Waals surface area (Å²) in [7, 11) is 1.60. The minimum absolute atomic E-state index is 0.161. The van der Waals surface area contributed by atoms with E-state index < -0.39 is 0 Å². The molecule has 1 amide bonds. The number of fused-ring (bicyclic) bond motifs is 1. The molecule has 0 unspecified atom stereocenters. The maximum Gasteiger partial charge on any atom is 0.251 e. The van der Waals surface area contributed by atoms with Crippen molar-refractivity contribution in [1.82, 2.24) is 30.5 Å². The lowest BCUT2D eigenvalue weighted by molar-refractivity contribution is 0.0963. The number of benzene rings is 2. The third-order valence-corrected chi connectivity index (χ3v) is 5.25. The predicted molar refractivity (Wildman–Crippen MR) is 121 cm³/mol. The summed E-state index contributed by atoms with van der Waals surface area (Å²) in [6.07, 6.45) is 1.77. The first-order valence-corrected chi connectivity index (χ1v) is 10.3. The van der Waals surface area contributed by atoms with Gasteiger partial charge in [-0.2, -0.15) is 20.1 Å². The first kappa shape index (κ1) is 19.9. The monoisotopic (exact) mass is 430 g/mol. The van der Waals surface area contributed by atoms with E-state index in [-0.39, 0.29) is 5.91 Å². The average molecular weight is 430 g/mol. The Kier molecular flexibility index (Phi) is 5.34. The van der Waals surface area contributed by atoms with Gasteiger partial charge < -0.3 is 20.3 Å². The van der Waals surface area contributed by atoms with Crippen molar-refractivity contribution in [2.75, 3.05) is 43.6 Å². The highest BCUT2D eigenvalue weighted by molar-refractivity contribution is 5.95. The van der Waals surface area contributed by atoms with Crippen LogP contribution >= 0.6 is 0 Å². The average Bonchev–Trinajstić information content (AvgIpc) is 3.33. The highest BCUT2D eigenvalue weighted by Gasteiger charge is 2.19. The fraction of sp³-hybridized carbons (Fsp3) is 0.227. The van der Waals surface area contributed by atoms with Crippen molar-refractivity contribution < 1.29 is 9.53 Å². The molecule has 162 valence electrons. The van der Waals surface area contributed by atoms with Gasteiger partial charge in [-0.05, 0) is 24.3 Å². The van der Waals surface area contributed by atoms with Gasteiger partial charge in [0.2, 0.25) is 11.9 Å². The van der Waals surface area contributed by atoms with Crippen molar-refractivity contribution in [2.24, 2.45) is 0 Å². The van der Waals surface area contributed by atoms with E-state index in [0.29, 0.717) is 55.3 Å². The van der Waals surface area contributed by atoms with E-state index in [9.17, 15) is 4.79 Å². The summed E-state index contributed by atoms with van der Waals surface area (Å²) < 4.78 is 5.48. The highest BCUT2D eigenvalue weighted by atomic mass is 16.5. The molecule has 3 heterocycles. The molecule has 10 heteroatoms. The molecule has 0 radical (unpaired) electrons. The van der Waals surface area contributed by atoms with Gasteiger partial charge in [-0.1, -0.05) is 18.2 Å². The second kappa shape index (κ2) is 8.60. The number of morpholine rings is 1. The molecule has 32 heavy (non-hydrogen) atoms. The molecule has 0 bridgehead atoms. The van der Waals surface area contributed by atoms with Gasteiger partial charge in [0, 0.05) is 42.3 Å². The number of amides is 1. The zero-order valence-corrected chi connectivity index (χ0v) is 17.5. The van der Waals surface area contributed by atoms with Crippen LogP contribution in [0.1, 0.15) is 10.4 Å². The standard InChI is InChI=1S/C22H22N8O2/c1-23-20(31)14-4-2-5-15(12-14)25-21-26-19(16-6-3-7-18-17(16)13-24-29-18)27-22(28-21)30-8-10-32-11-9-30/h2-7,12-13H,8-11H2,1H3,(H,23,31)(H,24,29)(H,25,26,27,28). The topological polar surface area (TPSA) is 121 Å². The van der Waals surface area contributed by atoms with Gasteiger partial charge in [0.15, 0.2) is 5.82 Å². The molecule has 1 saturated heterocycles. The van der Waals surface area contributed by atoms with Gasteiger partial charge >= 0.3 is 0 Å². The summed E-state index contributed by atoms with van der Waals surface area (Å²) in [6, 6.07) is 13.0. The second-order valence-corrected chi connectivity index (χ2v) is 7.30. The number of aromatic amines is 1. The quantitative estimate of drug-likeness (QED) is 0.441. The summed E-state index contributed by atoms with van der Waals surface area (Å²) >= 11 is 0. The Bertz CT molecular complexity index is 1270. The number of H-pyrrole nitrogens is 1. The fourth-order valence-corrected chi connectivity index (χ4v) is 3.62. The van der Waals surface area contributed by atoms with Crippen LogP contribution < -0.4 is 15.5 Å². The third-order valence-electron chi connectivity index (χ3n) is 5.25. The SMILES string of the molecule is CNC(=O)c1cccc(Nc2nc(-c3cccc4[nH]ncc34)nc(N3CCOCC3)n2)c1. The maximum absolute atomic E-state index is 12.0. The number of carbonyl (C=O) groups excluding carboxylic acids is 1. The number of ether oxygens (including phenoxy) is 1. The molecule has 0 atom stereocenters. The molecule has 0 spiro atoms. The van der Waals surface area contributed by atoms with E-state index in [1.807, 2.05) is 30.3 Å². The van der Waals surface area contributed by atoms with Crippen LogP contribution in [0.15, 0.2) is 48.7 Å². The minimum atomic E-state index is -0.161. The molecule has 2 aromatic heterocycles. The molecular weight excluding hydrogens is 408 g/mol. The van der Waals surface area contributed by atoms with Gasteiger partial charge in [0.25, 0.3) is 5.91 Å². The van der Waals surface area contributed by atoms with E-state index in [2.05, 4.69) is 35.7 Å². The Labute approximate surface area is 184 Å². The summed E-state index contributed by atoms with van der Waals surface area (Å²) in [6.45, 7) is 2.64. The second-order valence-electron chi connectivity index (χ2n) is 7.30. The molecule has 1 aliphatic rings. The van der Waals surface area contributed by atoms with E-state index in [1.54, 1.807) is 25.4 Å². The van der Waals surface area contributed by atoms with Gasteiger partial charge in [0.1, 0.15) is 0 Å². The molecule has 4 aromatic rings. The lowest BCUT2D eigenvalue weighted by Crippen LogP contribution is -2.37. The van der Waals surface area contributed by atoms with Crippen LogP contribution in [0.2, 0.25) is 0 Å². The van der Waals surface area contributed by atoms with Gasteiger partial charge in [0.05, 0.1) is 24.9 Å². The minimum Gasteiger partial charge on any atom is -0.378 e. The van der Waals surface area contributed by atoms with Crippen molar-refractivity contribution in [1.29, 1.82) is 0 Å². The van der Waals surface area contributed by atoms with Crippen molar-refractivity contribution >= 4 is 34.4 Å². The zero-order chi connectivity index (χ0) is 21.9. The van der Waals surface area contributed by atoms with Crippen LogP contribution in [0.5, 0.6) is 0 Å². The summed E-state index contributed by atoms with van der Waals surface area (Å²) in [5, 5.41) is 13.9. The number of rotatable bonds is 5. The van der Waals surface area contributed by atoms with E-state index >= 15 is 0 Å². The van der Waals surface area contributed by atoms with Gasteiger partial charge in [-0.15, -0.1) is 0 Å². The van der Waals surface area contributed by atoms with Crippen LogP contribution in [0.25, 0.3) is 22.3 Å². The number of anilines is 3. The molecule has 3 N–H and O–H groups in total.